The van der Waals surface area contributed by atoms with Gasteiger partial charge in [0.15, 0.2) is 0 Å². The first-order chi connectivity index (χ1) is 9.27. The number of hydrogen-bond donors (Lipinski definition) is 2. The summed E-state index contributed by atoms with van der Waals surface area (Å²) in [6, 6.07) is 7.48. The lowest BCUT2D eigenvalue weighted by Gasteiger charge is -2.35. The van der Waals surface area contributed by atoms with Crippen LogP contribution in [0.15, 0.2) is 30.9 Å². The first-order valence-electron chi connectivity index (χ1n) is 6.55. The highest BCUT2D eigenvalue weighted by Gasteiger charge is 2.24. The number of nitriles is 1. The number of para-hydroxylation sites is 1. The van der Waals surface area contributed by atoms with Gasteiger partial charge >= 0.3 is 0 Å². The summed E-state index contributed by atoms with van der Waals surface area (Å²) < 4.78 is 0. The Morgan fingerprint density at radius 3 is 2.62 bits per heavy atom. The van der Waals surface area contributed by atoms with Crippen LogP contribution in [0.25, 0.3) is 0 Å². The van der Waals surface area contributed by atoms with E-state index in [-0.39, 0.29) is 36.6 Å². The van der Waals surface area contributed by atoms with E-state index in [0.717, 1.165) is 38.2 Å². The zero-order chi connectivity index (χ0) is 13.7. The van der Waals surface area contributed by atoms with Gasteiger partial charge in [0.25, 0.3) is 0 Å². The van der Waals surface area contributed by atoms with E-state index in [1.807, 2.05) is 24.3 Å². The van der Waals surface area contributed by atoms with Gasteiger partial charge in [0, 0.05) is 37.8 Å². The number of rotatable bonds is 4. The number of piperazine rings is 1. The molecular formula is C15H21Cl2N3O. The number of halogens is 2. The minimum Gasteiger partial charge on any atom is -0.506 e. The van der Waals surface area contributed by atoms with Gasteiger partial charge in [-0.15, -0.1) is 31.4 Å². The maximum Gasteiger partial charge on any atom is 0.138 e. The van der Waals surface area contributed by atoms with Crippen molar-refractivity contribution < 1.29 is 5.11 Å². The highest BCUT2D eigenvalue weighted by Crippen LogP contribution is 2.33. The van der Waals surface area contributed by atoms with Gasteiger partial charge in [-0.25, -0.2) is 0 Å². The minimum atomic E-state index is 0. The van der Waals surface area contributed by atoms with E-state index in [9.17, 15) is 5.11 Å². The van der Waals surface area contributed by atoms with Gasteiger partial charge in [-0.2, -0.15) is 5.26 Å². The summed E-state index contributed by atoms with van der Waals surface area (Å²) in [6.07, 6.45) is 2.63. The Bertz CT molecular complexity index is 496. The summed E-state index contributed by atoms with van der Waals surface area (Å²) in [5, 5.41) is 22.5. The molecule has 1 saturated heterocycles. The molecule has 1 aromatic rings. The molecule has 0 amide bonds. The van der Waals surface area contributed by atoms with Gasteiger partial charge in [0.05, 0.1) is 5.56 Å². The van der Waals surface area contributed by atoms with Crippen LogP contribution in [0.1, 0.15) is 23.6 Å². The number of nitrogens with zero attached hydrogens (tertiary/aromatic N) is 2. The lowest BCUT2D eigenvalue weighted by molar-refractivity contribution is 0.172. The number of hydrogen-bond acceptors (Lipinski definition) is 4. The van der Waals surface area contributed by atoms with Crippen molar-refractivity contribution in [3.8, 4) is 11.8 Å². The quantitative estimate of drug-likeness (QED) is 0.833. The fourth-order valence-electron chi connectivity index (χ4n) is 2.54. The van der Waals surface area contributed by atoms with Gasteiger partial charge < -0.3 is 10.4 Å². The summed E-state index contributed by atoms with van der Waals surface area (Å²) in [6.45, 7) is 7.58. The molecule has 1 fully saturated rings. The van der Waals surface area contributed by atoms with E-state index < -0.39 is 0 Å². The molecule has 1 heterocycles. The van der Waals surface area contributed by atoms with Crippen LogP contribution in [0.5, 0.6) is 5.75 Å². The average molecular weight is 330 g/mol. The van der Waals surface area contributed by atoms with Crippen LogP contribution in [0.2, 0.25) is 0 Å². The fourth-order valence-corrected chi connectivity index (χ4v) is 2.54. The summed E-state index contributed by atoms with van der Waals surface area (Å²) >= 11 is 0. The molecule has 0 unspecified atom stereocenters. The standard InChI is InChI=1S/C15H19N3O.2ClH/c1-2-4-14(18-9-7-17-8-10-18)13-6-3-5-12(11-16)15(13)19;;/h2-3,5-6,14,17,19H,1,4,7-10H2;2*1H/t14-;;/m1../s1. The molecular weight excluding hydrogens is 309 g/mol. The van der Waals surface area contributed by atoms with Gasteiger partial charge in [-0.05, 0) is 12.5 Å². The monoisotopic (exact) mass is 329 g/mol. The summed E-state index contributed by atoms with van der Waals surface area (Å²) in [7, 11) is 0. The van der Waals surface area contributed by atoms with Crippen molar-refractivity contribution in [3.05, 3.63) is 42.0 Å². The lowest BCUT2D eigenvalue weighted by Crippen LogP contribution is -2.45. The summed E-state index contributed by atoms with van der Waals surface area (Å²) in [5.74, 6) is 0.107. The molecule has 21 heavy (non-hydrogen) atoms. The molecule has 1 aliphatic heterocycles. The molecule has 0 bridgehead atoms. The third-order valence-corrected chi connectivity index (χ3v) is 3.53. The maximum absolute atomic E-state index is 10.2. The molecule has 2 N–H and O–H groups in total. The Kier molecular flexibility index (Phi) is 9.07. The van der Waals surface area contributed by atoms with Crippen molar-refractivity contribution in [2.75, 3.05) is 26.2 Å². The first kappa shape index (κ1) is 19.8. The minimum absolute atomic E-state index is 0. The van der Waals surface area contributed by atoms with Crippen LogP contribution in [0.3, 0.4) is 0 Å². The molecule has 0 aliphatic carbocycles. The Morgan fingerprint density at radius 1 is 1.38 bits per heavy atom. The lowest BCUT2D eigenvalue weighted by atomic mass is 9.98. The van der Waals surface area contributed by atoms with Gasteiger partial charge in [-0.1, -0.05) is 18.2 Å². The highest BCUT2D eigenvalue weighted by molar-refractivity contribution is 5.85. The molecule has 1 aliphatic rings. The number of phenols is 1. The summed E-state index contributed by atoms with van der Waals surface area (Å²) in [5.41, 5.74) is 1.16. The summed E-state index contributed by atoms with van der Waals surface area (Å²) in [4.78, 5) is 2.33. The number of aromatic hydroxyl groups is 1. The Balaban J connectivity index is 0.00000200. The molecule has 6 heteroatoms. The van der Waals surface area contributed by atoms with Crippen LogP contribution in [-0.4, -0.2) is 36.2 Å². The van der Waals surface area contributed by atoms with Crippen LogP contribution in [-0.2, 0) is 0 Å². The van der Waals surface area contributed by atoms with Crippen LogP contribution in [0, 0.1) is 11.3 Å². The smallest absolute Gasteiger partial charge is 0.138 e. The van der Waals surface area contributed by atoms with E-state index in [2.05, 4.69) is 16.8 Å². The van der Waals surface area contributed by atoms with Crippen LogP contribution in [0.4, 0.5) is 0 Å². The second-order valence-electron chi connectivity index (χ2n) is 4.68. The van der Waals surface area contributed by atoms with E-state index >= 15 is 0 Å². The van der Waals surface area contributed by atoms with E-state index in [1.165, 1.54) is 0 Å². The van der Waals surface area contributed by atoms with E-state index in [1.54, 1.807) is 6.07 Å². The normalized spacial score (nSPS) is 16.0. The largest absolute Gasteiger partial charge is 0.506 e. The van der Waals surface area contributed by atoms with Crippen LogP contribution < -0.4 is 5.32 Å². The van der Waals surface area contributed by atoms with Crippen molar-refractivity contribution in [3.63, 3.8) is 0 Å². The number of phenolic OH excluding ortho intramolecular Hbond substituents is 1. The Labute approximate surface area is 138 Å². The molecule has 4 nitrogen and oxygen atoms in total. The third kappa shape index (κ3) is 4.62. The Morgan fingerprint density at radius 2 is 2.05 bits per heavy atom. The van der Waals surface area contributed by atoms with Crippen molar-refractivity contribution in [1.82, 2.24) is 10.2 Å². The molecule has 0 aromatic heterocycles. The van der Waals surface area contributed by atoms with E-state index in [4.69, 9.17) is 5.26 Å². The maximum atomic E-state index is 10.2. The molecule has 0 saturated carbocycles. The highest BCUT2D eigenvalue weighted by atomic mass is 35.5. The zero-order valence-corrected chi connectivity index (χ0v) is 13.4. The fraction of sp³-hybridized carbons (Fsp3) is 0.400. The second-order valence-corrected chi connectivity index (χ2v) is 4.68. The van der Waals surface area contributed by atoms with Crippen molar-refractivity contribution in [1.29, 1.82) is 5.26 Å². The van der Waals surface area contributed by atoms with Crippen molar-refractivity contribution in [2.24, 2.45) is 0 Å². The predicted octanol–water partition coefficient (Wildman–Crippen LogP) is 2.63. The predicted molar refractivity (Wildman–Crippen MR) is 89.3 cm³/mol. The number of benzene rings is 1. The van der Waals surface area contributed by atoms with Crippen molar-refractivity contribution in [2.45, 2.75) is 12.5 Å². The van der Waals surface area contributed by atoms with Gasteiger partial charge in [0.2, 0.25) is 0 Å². The molecule has 0 spiro atoms. The molecule has 1 aromatic carbocycles. The average Bonchev–Trinajstić information content (AvgIpc) is 2.46. The molecule has 1 atom stereocenters. The topological polar surface area (TPSA) is 59.3 Å². The number of nitrogens with one attached hydrogen (secondary N) is 1. The molecule has 0 radical (unpaired) electrons. The Hall–Kier alpha value is -1.25. The molecule has 2 rings (SSSR count). The van der Waals surface area contributed by atoms with Crippen molar-refractivity contribution >= 4 is 24.8 Å². The first-order valence-corrected chi connectivity index (χ1v) is 6.55. The van der Waals surface area contributed by atoms with Crippen LogP contribution >= 0.6 is 24.8 Å². The van der Waals surface area contributed by atoms with Gasteiger partial charge in [-0.3, -0.25) is 4.90 Å². The van der Waals surface area contributed by atoms with E-state index in [0.29, 0.717) is 5.56 Å². The molecule has 116 valence electrons. The zero-order valence-electron chi connectivity index (χ0n) is 11.8. The SMILES string of the molecule is C=CC[C@H](c1cccc(C#N)c1O)N1CCNCC1.Cl.Cl. The third-order valence-electron chi connectivity index (χ3n) is 3.53. The second kappa shape index (κ2) is 9.64. The van der Waals surface area contributed by atoms with Gasteiger partial charge in [0.1, 0.15) is 11.8 Å².